The molecule has 6 nitrogen and oxygen atoms in total. The molecule has 3 rings (SSSR count). The van der Waals surface area contributed by atoms with Gasteiger partial charge in [0, 0.05) is 0 Å². The van der Waals surface area contributed by atoms with E-state index in [1.807, 2.05) is 0 Å². The molecule has 0 spiro atoms. The van der Waals surface area contributed by atoms with Crippen LogP contribution in [-0.4, -0.2) is 27.2 Å². The maximum Gasteiger partial charge on any atom is 0.354 e. The summed E-state index contributed by atoms with van der Waals surface area (Å²) >= 11 is 5.99. The number of benzene rings is 2. The minimum absolute atomic E-state index is 0.00827. The van der Waals surface area contributed by atoms with E-state index < -0.39 is 17.7 Å². The van der Waals surface area contributed by atoms with Crippen LogP contribution < -0.4 is 5.32 Å². The molecule has 0 saturated heterocycles. The number of H-pyrrole nitrogens is 1. The lowest BCUT2D eigenvalue weighted by Crippen LogP contribution is -2.13. The van der Waals surface area contributed by atoms with E-state index in [0.29, 0.717) is 5.56 Å². The largest absolute Gasteiger partial charge is 0.477 e. The van der Waals surface area contributed by atoms with Gasteiger partial charge in [0.15, 0.2) is 11.5 Å². The van der Waals surface area contributed by atoms with Crippen molar-refractivity contribution in [1.82, 2.24) is 10.2 Å². The van der Waals surface area contributed by atoms with Crippen molar-refractivity contribution in [2.75, 3.05) is 5.32 Å². The Kier molecular flexibility index (Phi) is 4.49. The molecule has 3 aromatic rings. The molecule has 0 radical (unpaired) electrons. The van der Waals surface area contributed by atoms with Crippen LogP contribution in [0.3, 0.4) is 0 Å². The van der Waals surface area contributed by atoms with E-state index in [1.165, 1.54) is 30.3 Å². The summed E-state index contributed by atoms with van der Waals surface area (Å²) in [6.45, 7) is 0. The molecule has 1 heterocycles. The summed E-state index contributed by atoms with van der Waals surface area (Å²) in [5, 5.41) is 18.3. The van der Waals surface area contributed by atoms with Gasteiger partial charge in [-0.1, -0.05) is 35.9 Å². The van der Waals surface area contributed by atoms with Crippen LogP contribution in [0.25, 0.3) is 11.1 Å². The number of aromatic amines is 1. The Morgan fingerprint density at radius 2 is 1.80 bits per heavy atom. The van der Waals surface area contributed by atoms with Crippen molar-refractivity contribution in [1.29, 1.82) is 0 Å². The second kappa shape index (κ2) is 6.74. The van der Waals surface area contributed by atoms with Crippen LogP contribution >= 0.6 is 11.6 Å². The van der Waals surface area contributed by atoms with Gasteiger partial charge in [-0.25, -0.2) is 9.18 Å². The minimum Gasteiger partial charge on any atom is -0.477 e. The van der Waals surface area contributed by atoms with E-state index >= 15 is 0 Å². The summed E-state index contributed by atoms with van der Waals surface area (Å²) in [5.74, 6) is -2.26. The standard InChI is InChI=1S/C17H11ClFN3O3/c18-12-4-2-1-3-11(12)16(23)20-15-13(14(17(24)25)21-22-15)9-5-7-10(19)8-6-9/h1-8H,(H,24,25)(H2,20,21,22,23). The predicted molar refractivity (Wildman–Crippen MR) is 90.3 cm³/mol. The minimum atomic E-state index is -1.26. The molecule has 0 aliphatic carbocycles. The van der Waals surface area contributed by atoms with E-state index in [-0.39, 0.29) is 27.7 Å². The molecule has 1 aromatic heterocycles. The second-order valence-electron chi connectivity index (χ2n) is 5.07. The lowest BCUT2D eigenvalue weighted by Gasteiger charge is -2.07. The van der Waals surface area contributed by atoms with Crippen LogP contribution in [0.2, 0.25) is 5.02 Å². The number of carboxylic acids is 1. The summed E-state index contributed by atoms with van der Waals surface area (Å²) < 4.78 is 13.1. The molecular weight excluding hydrogens is 349 g/mol. The summed E-state index contributed by atoms with van der Waals surface area (Å²) in [6.07, 6.45) is 0. The first-order valence-corrected chi connectivity index (χ1v) is 7.48. The van der Waals surface area contributed by atoms with Crippen molar-refractivity contribution in [3.8, 4) is 11.1 Å². The zero-order valence-electron chi connectivity index (χ0n) is 12.6. The monoisotopic (exact) mass is 359 g/mol. The number of aromatic carboxylic acids is 1. The van der Waals surface area contributed by atoms with E-state index in [2.05, 4.69) is 15.5 Å². The molecule has 1 amide bonds. The SMILES string of the molecule is O=C(Nc1n[nH]c(C(=O)O)c1-c1ccc(F)cc1)c1ccccc1Cl. The first kappa shape index (κ1) is 16.7. The smallest absolute Gasteiger partial charge is 0.354 e. The van der Waals surface area contributed by atoms with Gasteiger partial charge >= 0.3 is 5.97 Å². The highest BCUT2D eigenvalue weighted by Crippen LogP contribution is 2.30. The van der Waals surface area contributed by atoms with Crippen LogP contribution in [0.1, 0.15) is 20.8 Å². The lowest BCUT2D eigenvalue weighted by molar-refractivity contribution is 0.0691. The maximum atomic E-state index is 13.1. The third-order valence-corrected chi connectivity index (χ3v) is 3.79. The number of carbonyl (C=O) groups is 2. The fourth-order valence-electron chi connectivity index (χ4n) is 2.31. The summed E-state index contributed by atoms with van der Waals surface area (Å²) in [4.78, 5) is 23.8. The Hall–Kier alpha value is -3.19. The highest BCUT2D eigenvalue weighted by molar-refractivity contribution is 6.34. The number of hydrogen-bond acceptors (Lipinski definition) is 3. The number of halogens is 2. The highest BCUT2D eigenvalue weighted by Gasteiger charge is 2.22. The number of aromatic nitrogens is 2. The number of rotatable bonds is 4. The van der Waals surface area contributed by atoms with Crippen LogP contribution in [0.15, 0.2) is 48.5 Å². The lowest BCUT2D eigenvalue weighted by atomic mass is 10.0. The zero-order chi connectivity index (χ0) is 18.0. The van der Waals surface area contributed by atoms with Crippen molar-refractivity contribution in [3.63, 3.8) is 0 Å². The molecule has 0 bridgehead atoms. The fraction of sp³-hybridized carbons (Fsp3) is 0. The first-order chi connectivity index (χ1) is 12.0. The van der Waals surface area contributed by atoms with Crippen molar-refractivity contribution >= 4 is 29.3 Å². The van der Waals surface area contributed by atoms with Crippen LogP contribution in [0.5, 0.6) is 0 Å². The Morgan fingerprint density at radius 1 is 1.12 bits per heavy atom. The number of carboxylic acid groups (broad SMARTS) is 1. The first-order valence-electron chi connectivity index (χ1n) is 7.11. The molecule has 0 fully saturated rings. The third-order valence-electron chi connectivity index (χ3n) is 3.46. The van der Waals surface area contributed by atoms with Gasteiger partial charge in [-0.05, 0) is 29.8 Å². The van der Waals surface area contributed by atoms with Crippen LogP contribution in [0.4, 0.5) is 10.2 Å². The van der Waals surface area contributed by atoms with Gasteiger partial charge < -0.3 is 10.4 Å². The van der Waals surface area contributed by atoms with Gasteiger partial charge in [-0.15, -0.1) is 0 Å². The van der Waals surface area contributed by atoms with Crippen molar-refractivity contribution in [3.05, 3.63) is 70.6 Å². The van der Waals surface area contributed by atoms with Gasteiger partial charge in [0.05, 0.1) is 16.1 Å². The summed E-state index contributed by atoms with van der Waals surface area (Å²) in [6, 6.07) is 11.6. The molecule has 0 saturated carbocycles. The van der Waals surface area contributed by atoms with Gasteiger partial charge in [0.25, 0.3) is 5.91 Å². The van der Waals surface area contributed by atoms with E-state index in [4.69, 9.17) is 11.6 Å². The molecule has 0 unspecified atom stereocenters. The number of hydrogen-bond donors (Lipinski definition) is 3. The van der Waals surface area contributed by atoms with Crippen molar-refractivity contribution < 1.29 is 19.1 Å². The van der Waals surface area contributed by atoms with E-state index in [1.54, 1.807) is 18.2 Å². The molecule has 126 valence electrons. The average Bonchev–Trinajstić information content (AvgIpc) is 2.99. The Labute approximate surface area is 146 Å². The third kappa shape index (κ3) is 3.36. The molecule has 3 N–H and O–H groups in total. The fourth-order valence-corrected chi connectivity index (χ4v) is 2.53. The second-order valence-corrected chi connectivity index (χ2v) is 5.48. The number of nitrogens with zero attached hydrogens (tertiary/aromatic N) is 1. The number of amides is 1. The summed E-state index contributed by atoms with van der Waals surface area (Å²) in [5.41, 5.74) is 0.532. The van der Waals surface area contributed by atoms with E-state index in [0.717, 1.165) is 0 Å². The Balaban J connectivity index is 2.02. The zero-order valence-corrected chi connectivity index (χ0v) is 13.3. The van der Waals surface area contributed by atoms with Crippen LogP contribution in [-0.2, 0) is 0 Å². The molecule has 8 heteroatoms. The Morgan fingerprint density at radius 3 is 2.44 bits per heavy atom. The Bertz CT molecular complexity index is 954. The van der Waals surface area contributed by atoms with Gasteiger partial charge in [-0.2, -0.15) is 5.10 Å². The number of carbonyl (C=O) groups excluding carboxylic acids is 1. The normalized spacial score (nSPS) is 10.5. The van der Waals surface area contributed by atoms with Crippen LogP contribution in [0, 0.1) is 5.82 Å². The maximum absolute atomic E-state index is 13.1. The van der Waals surface area contributed by atoms with Gasteiger partial charge in [-0.3, -0.25) is 9.89 Å². The molecule has 0 aliphatic rings. The quantitative estimate of drug-likeness (QED) is 0.660. The molecule has 0 atom stereocenters. The highest BCUT2D eigenvalue weighted by atomic mass is 35.5. The predicted octanol–water partition coefficient (Wildman–Crippen LogP) is 3.82. The van der Waals surface area contributed by atoms with Crippen molar-refractivity contribution in [2.24, 2.45) is 0 Å². The molecule has 0 aliphatic heterocycles. The summed E-state index contributed by atoms with van der Waals surface area (Å²) in [7, 11) is 0. The average molecular weight is 360 g/mol. The van der Waals surface area contributed by atoms with Gasteiger partial charge in [0.1, 0.15) is 5.82 Å². The molecular formula is C17H11ClFN3O3. The number of anilines is 1. The molecule has 25 heavy (non-hydrogen) atoms. The van der Waals surface area contributed by atoms with E-state index in [9.17, 15) is 19.1 Å². The number of nitrogens with one attached hydrogen (secondary N) is 2. The topological polar surface area (TPSA) is 95.1 Å². The molecule has 2 aromatic carbocycles. The van der Waals surface area contributed by atoms with Gasteiger partial charge in [0.2, 0.25) is 0 Å². The van der Waals surface area contributed by atoms with Crippen molar-refractivity contribution in [2.45, 2.75) is 0 Å².